The van der Waals surface area contributed by atoms with Gasteiger partial charge in [0.1, 0.15) is 23.6 Å². The van der Waals surface area contributed by atoms with Gasteiger partial charge in [0.25, 0.3) is 0 Å². The second kappa shape index (κ2) is 8.08. The Morgan fingerprint density at radius 2 is 2.00 bits per heavy atom. The van der Waals surface area contributed by atoms with E-state index in [1.165, 1.54) is 42.1 Å². The molecule has 0 aliphatic carbocycles. The van der Waals surface area contributed by atoms with E-state index in [-0.39, 0.29) is 18.0 Å². The molecule has 3 nitrogen and oxygen atoms in total. The molecule has 2 unspecified atom stereocenters. The Kier molecular flexibility index (Phi) is 5.52. The van der Waals surface area contributed by atoms with Gasteiger partial charge >= 0.3 is 0 Å². The summed E-state index contributed by atoms with van der Waals surface area (Å²) in [6, 6.07) is 8.25. The minimum absolute atomic E-state index is 0.122. The Bertz CT molecular complexity index is 1000. The van der Waals surface area contributed by atoms with Crippen LogP contribution in [0.1, 0.15) is 23.7 Å². The van der Waals surface area contributed by atoms with Gasteiger partial charge in [-0.1, -0.05) is 18.2 Å². The molecular weight excluding hydrogens is 397 g/mol. The third-order valence-corrected chi connectivity index (χ3v) is 6.49. The second-order valence-corrected chi connectivity index (χ2v) is 8.43. The van der Waals surface area contributed by atoms with Gasteiger partial charge < -0.3 is 9.30 Å². The zero-order valence-corrected chi connectivity index (χ0v) is 16.3. The van der Waals surface area contributed by atoms with Crippen molar-refractivity contribution < 1.29 is 17.9 Å². The van der Waals surface area contributed by atoms with Crippen molar-refractivity contribution in [2.24, 2.45) is 0 Å². The smallest absolute Gasteiger partial charge is 0.131 e. The minimum atomic E-state index is -0.654. The van der Waals surface area contributed by atoms with Gasteiger partial charge in [-0.15, -0.1) is 18.3 Å². The SMILES string of the molecule is C=CCC1(Cn2ccnc2)Sc2cc(F)ccc2C1OCc1c(F)cccc1F. The first kappa shape index (κ1) is 19.8. The highest BCUT2D eigenvalue weighted by Gasteiger charge is 2.48. The highest BCUT2D eigenvalue weighted by Crippen LogP contribution is 2.57. The molecular formula is C22H19F3N2OS. The van der Waals surface area contributed by atoms with E-state index in [2.05, 4.69) is 11.6 Å². The molecule has 0 amide bonds. The third kappa shape index (κ3) is 3.84. The van der Waals surface area contributed by atoms with Crippen molar-refractivity contribution in [1.29, 1.82) is 0 Å². The predicted molar refractivity (Wildman–Crippen MR) is 106 cm³/mol. The van der Waals surface area contributed by atoms with Gasteiger partial charge in [0.15, 0.2) is 0 Å². The summed E-state index contributed by atoms with van der Waals surface area (Å²) in [6.45, 7) is 4.16. The third-order valence-electron chi connectivity index (χ3n) is 5.00. The first-order chi connectivity index (χ1) is 14.0. The minimum Gasteiger partial charge on any atom is -0.367 e. The molecule has 2 heterocycles. The number of aromatic nitrogens is 2. The van der Waals surface area contributed by atoms with E-state index in [0.717, 1.165) is 10.5 Å². The molecule has 150 valence electrons. The van der Waals surface area contributed by atoms with Crippen LogP contribution in [0.3, 0.4) is 0 Å². The highest BCUT2D eigenvalue weighted by atomic mass is 32.2. The molecule has 4 rings (SSSR count). The van der Waals surface area contributed by atoms with Gasteiger partial charge in [-0.05, 0) is 36.2 Å². The quantitative estimate of drug-likeness (QED) is 0.464. The van der Waals surface area contributed by atoms with E-state index < -0.39 is 22.5 Å². The van der Waals surface area contributed by atoms with E-state index >= 15 is 0 Å². The van der Waals surface area contributed by atoms with E-state index in [4.69, 9.17) is 4.74 Å². The topological polar surface area (TPSA) is 27.1 Å². The molecule has 3 aromatic rings. The molecule has 1 aliphatic rings. The van der Waals surface area contributed by atoms with Crippen LogP contribution in [0.25, 0.3) is 0 Å². The first-order valence-electron chi connectivity index (χ1n) is 9.12. The van der Waals surface area contributed by atoms with Gasteiger partial charge in [0.2, 0.25) is 0 Å². The molecule has 2 aromatic carbocycles. The first-order valence-corrected chi connectivity index (χ1v) is 9.93. The Morgan fingerprint density at radius 1 is 1.21 bits per heavy atom. The highest BCUT2D eigenvalue weighted by molar-refractivity contribution is 8.01. The molecule has 0 N–H and O–H groups in total. The number of thioether (sulfide) groups is 1. The van der Waals surface area contributed by atoms with Crippen LogP contribution in [0, 0.1) is 17.5 Å². The van der Waals surface area contributed by atoms with E-state index in [1.54, 1.807) is 24.7 Å². The summed E-state index contributed by atoms with van der Waals surface area (Å²) in [4.78, 5) is 4.84. The van der Waals surface area contributed by atoms with Crippen molar-refractivity contribution in [1.82, 2.24) is 9.55 Å². The van der Waals surface area contributed by atoms with E-state index in [1.807, 2.05) is 10.8 Å². The number of ether oxygens (including phenoxy) is 1. The van der Waals surface area contributed by atoms with Crippen LogP contribution in [0.4, 0.5) is 13.2 Å². The second-order valence-electron chi connectivity index (χ2n) is 6.97. The van der Waals surface area contributed by atoms with Crippen LogP contribution in [0.2, 0.25) is 0 Å². The Balaban J connectivity index is 1.72. The van der Waals surface area contributed by atoms with Crippen molar-refractivity contribution >= 4 is 11.8 Å². The van der Waals surface area contributed by atoms with E-state index in [9.17, 15) is 13.2 Å². The van der Waals surface area contributed by atoms with Crippen molar-refractivity contribution in [3.8, 4) is 0 Å². The molecule has 1 aromatic heterocycles. The molecule has 0 radical (unpaired) electrons. The monoisotopic (exact) mass is 416 g/mol. The fraction of sp³-hybridized carbons (Fsp3) is 0.227. The summed E-state index contributed by atoms with van der Waals surface area (Å²) in [5, 5.41) is 0. The van der Waals surface area contributed by atoms with Gasteiger partial charge in [-0.25, -0.2) is 18.2 Å². The maximum atomic E-state index is 14.1. The van der Waals surface area contributed by atoms with Crippen molar-refractivity contribution in [2.75, 3.05) is 0 Å². The molecule has 0 saturated heterocycles. The van der Waals surface area contributed by atoms with Crippen molar-refractivity contribution in [2.45, 2.75) is 35.3 Å². The number of nitrogens with zero attached hydrogens (tertiary/aromatic N) is 2. The molecule has 0 saturated carbocycles. The van der Waals surface area contributed by atoms with Crippen LogP contribution >= 0.6 is 11.8 Å². The molecule has 0 fully saturated rings. The lowest BCUT2D eigenvalue weighted by molar-refractivity contribution is 0.00724. The lowest BCUT2D eigenvalue weighted by Crippen LogP contribution is -2.35. The number of rotatable bonds is 7. The van der Waals surface area contributed by atoms with Crippen LogP contribution < -0.4 is 0 Å². The zero-order chi connectivity index (χ0) is 20.4. The average molecular weight is 416 g/mol. The number of fused-ring (bicyclic) bond motifs is 1. The van der Waals surface area contributed by atoms with Crippen molar-refractivity contribution in [3.63, 3.8) is 0 Å². The fourth-order valence-electron chi connectivity index (χ4n) is 3.71. The maximum absolute atomic E-state index is 14.1. The molecule has 2 atom stereocenters. The summed E-state index contributed by atoms with van der Waals surface area (Å²) in [5.41, 5.74) is 0.679. The number of halogens is 3. The van der Waals surface area contributed by atoms with Gasteiger partial charge in [0, 0.05) is 29.4 Å². The standard InChI is InChI=1S/C22H19F3N2OS/c1-2-8-22(13-27-10-9-26-14-27)21(16-7-6-15(23)11-20(16)29-22)28-12-17-18(24)4-3-5-19(17)25/h2-7,9-11,14,21H,1,8,12-13H2. The summed E-state index contributed by atoms with van der Waals surface area (Å²) >= 11 is 1.50. The molecule has 0 spiro atoms. The van der Waals surface area contributed by atoms with Crippen molar-refractivity contribution in [3.05, 3.63) is 96.4 Å². The Labute approximate surface area is 171 Å². The maximum Gasteiger partial charge on any atom is 0.131 e. The Morgan fingerprint density at radius 3 is 2.69 bits per heavy atom. The zero-order valence-electron chi connectivity index (χ0n) is 15.5. The number of allylic oxidation sites excluding steroid dienone is 1. The average Bonchev–Trinajstić information content (AvgIpc) is 3.27. The molecule has 7 heteroatoms. The summed E-state index contributed by atoms with van der Waals surface area (Å²) in [5.74, 6) is -1.65. The molecule has 0 bridgehead atoms. The largest absolute Gasteiger partial charge is 0.367 e. The van der Waals surface area contributed by atoms with Gasteiger partial charge in [-0.2, -0.15) is 0 Å². The summed E-state index contributed by atoms with van der Waals surface area (Å²) in [7, 11) is 0. The normalized spacial score (nSPS) is 20.6. The van der Waals surface area contributed by atoms with E-state index in [0.29, 0.717) is 13.0 Å². The lowest BCUT2D eigenvalue weighted by atomic mass is 9.91. The van der Waals surface area contributed by atoms with Gasteiger partial charge in [0.05, 0.1) is 17.7 Å². The van der Waals surface area contributed by atoms with Crippen LogP contribution in [0.5, 0.6) is 0 Å². The fourth-order valence-corrected chi connectivity index (χ4v) is 5.33. The summed E-state index contributed by atoms with van der Waals surface area (Å²) < 4.78 is 49.6. The number of benzene rings is 2. The molecule has 29 heavy (non-hydrogen) atoms. The van der Waals surface area contributed by atoms with Crippen LogP contribution in [0.15, 0.2) is 72.7 Å². The Hall–Kier alpha value is -2.51. The van der Waals surface area contributed by atoms with Gasteiger partial charge in [-0.3, -0.25) is 0 Å². The predicted octanol–water partition coefficient (Wildman–Crippen LogP) is 5.68. The lowest BCUT2D eigenvalue weighted by Gasteiger charge is -2.34. The van der Waals surface area contributed by atoms with Crippen LogP contribution in [-0.2, 0) is 17.9 Å². The number of hydrogen-bond donors (Lipinski definition) is 0. The molecule has 1 aliphatic heterocycles. The van der Waals surface area contributed by atoms with Crippen LogP contribution in [-0.4, -0.2) is 14.3 Å². The number of hydrogen-bond acceptors (Lipinski definition) is 3. The summed E-state index contributed by atoms with van der Waals surface area (Å²) in [6.07, 6.45) is 7.04. The number of imidazole rings is 1.